The van der Waals surface area contributed by atoms with Crippen molar-refractivity contribution in [2.45, 2.75) is 25.8 Å². The van der Waals surface area contributed by atoms with Crippen LogP contribution in [-0.4, -0.2) is 13.2 Å². The summed E-state index contributed by atoms with van der Waals surface area (Å²) < 4.78 is 24.4. The van der Waals surface area contributed by atoms with Crippen LogP contribution < -0.4 is 14.8 Å². The highest BCUT2D eigenvalue weighted by Crippen LogP contribution is 2.34. The third kappa shape index (κ3) is 3.32. The molecule has 2 aromatic rings. The highest BCUT2D eigenvalue weighted by molar-refractivity contribution is 5.56. The lowest BCUT2D eigenvalue weighted by Gasteiger charge is -2.20. The van der Waals surface area contributed by atoms with Crippen molar-refractivity contribution in [1.82, 2.24) is 0 Å². The molecule has 0 radical (unpaired) electrons. The van der Waals surface area contributed by atoms with Crippen molar-refractivity contribution in [1.29, 1.82) is 0 Å². The van der Waals surface area contributed by atoms with E-state index in [4.69, 9.17) is 9.47 Å². The molecule has 3 nitrogen and oxygen atoms in total. The van der Waals surface area contributed by atoms with Crippen molar-refractivity contribution in [2.75, 3.05) is 18.5 Å². The van der Waals surface area contributed by atoms with Gasteiger partial charge >= 0.3 is 0 Å². The van der Waals surface area contributed by atoms with Crippen LogP contribution in [0.5, 0.6) is 11.5 Å². The molecule has 0 fully saturated rings. The topological polar surface area (TPSA) is 30.5 Å². The fourth-order valence-corrected chi connectivity index (χ4v) is 2.57. The summed E-state index contributed by atoms with van der Waals surface area (Å²) in [5.41, 5.74) is 2.04. The zero-order valence-electron chi connectivity index (χ0n) is 12.6. The zero-order valence-corrected chi connectivity index (χ0v) is 12.6. The second-order valence-electron chi connectivity index (χ2n) is 5.37. The number of halogens is 1. The van der Waals surface area contributed by atoms with Crippen molar-refractivity contribution < 1.29 is 13.9 Å². The third-order valence-electron chi connectivity index (χ3n) is 3.77. The van der Waals surface area contributed by atoms with Crippen LogP contribution in [0.1, 0.15) is 31.4 Å². The minimum atomic E-state index is -0.214. The Hall–Kier alpha value is -2.23. The van der Waals surface area contributed by atoms with Crippen LogP contribution in [0, 0.1) is 5.82 Å². The summed E-state index contributed by atoms with van der Waals surface area (Å²) in [6, 6.07) is 12.6. The normalized spacial score (nSPS) is 15.0. The first-order valence-electron chi connectivity index (χ1n) is 7.68. The van der Waals surface area contributed by atoms with Gasteiger partial charge in [0.2, 0.25) is 0 Å². The Morgan fingerprint density at radius 2 is 1.77 bits per heavy atom. The fourth-order valence-electron chi connectivity index (χ4n) is 2.57. The van der Waals surface area contributed by atoms with E-state index >= 15 is 0 Å². The Balaban J connectivity index is 1.79. The van der Waals surface area contributed by atoms with E-state index in [1.807, 2.05) is 30.3 Å². The van der Waals surface area contributed by atoms with Crippen molar-refractivity contribution in [3.8, 4) is 11.5 Å². The minimum Gasteiger partial charge on any atom is -0.490 e. The van der Waals surface area contributed by atoms with Crippen LogP contribution in [0.4, 0.5) is 10.1 Å². The van der Waals surface area contributed by atoms with E-state index in [-0.39, 0.29) is 11.9 Å². The lowest BCUT2D eigenvalue weighted by atomic mass is 10.0. The Labute approximate surface area is 130 Å². The molecule has 1 N–H and O–H groups in total. The van der Waals surface area contributed by atoms with Crippen molar-refractivity contribution in [3.63, 3.8) is 0 Å². The average Bonchev–Trinajstić information content (AvgIpc) is 2.78. The smallest absolute Gasteiger partial charge is 0.163 e. The first kappa shape index (κ1) is 14.7. The maximum atomic E-state index is 13.1. The first-order valence-corrected chi connectivity index (χ1v) is 7.68. The Morgan fingerprint density at radius 1 is 1.05 bits per heavy atom. The van der Waals surface area contributed by atoms with Crippen molar-refractivity contribution >= 4 is 5.69 Å². The summed E-state index contributed by atoms with van der Waals surface area (Å²) in [6.45, 7) is 3.46. The molecular weight excluding hydrogens is 281 g/mol. The number of ether oxygens (including phenoxy) is 2. The molecule has 2 aromatic carbocycles. The highest BCUT2D eigenvalue weighted by atomic mass is 19.1. The van der Waals surface area contributed by atoms with E-state index in [2.05, 4.69) is 12.2 Å². The summed E-state index contributed by atoms with van der Waals surface area (Å²) in [5.74, 6) is 1.35. The Morgan fingerprint density at radius 3 is 2.50 bits per heavy atom. The van der Waals surface area contributed by atoms with E-state index in [9.17, 15) is 4.39 Å². The van der Waals surface area contributed by atoms with Gasteiger partial charge in [-0.2, -0.15) is 0 Å². The van der Waals surface area contributed by atoms with Gasteiger partial charge in [-0.25, -0.2) is 4.39 Å². The standard InChI is InChI=1S/C18H20FNO2/c1-2-16(13-4-6-14(19)7-5-13)20-15-8-9-17-18(12-15)22-11-3-10-21-17/h4-9,12,16,20H,2-3,10-11H2,1H3. The van der Waals surface area contributed by atoms with Gasteiger partial charge in [-0.15, -0.1) is 0 Å². The molecule has 1 aliphatic heterocycles. The molecule has 1 unspecified atom stereocenters. The van der Waals surface area contributed by atoms with Gasteiger partial charge in [-0.05, 0) is 36.2 Å². The van der Waals surface area contributed by atoms with Crippen LogP contribution in [0.3, 0.4) is 0 Å². The molecule has 1 heterocycles. The van der Waals surface area contributed by atoms with Gasteiger partial charge in [-0.3, -0.25) is 0 Å². The molecule has 22 heavy (non-hydrogen) atoms. The van der Waals surface area contributed by atoms with Gasteiger partial charge in [-0.1, -0.05) is 19.1 Å². The summed E-state index contributed by atoms with van der Waals surface area (Å²) in [7, 11) is 0. The monoisotopic (exact) mass is 301 g/mol. The Bertz CT molecular complexity index is 627. The molecule has 116 valence electrons. The second kappa shape index (κ2) is 6.69. The number of hydrogen-bond donors (Lipinski definition) is 1. The third-order valence-corrected chi connectivity index (χ3v) is 3.77. The molecule has 1 atom stereocenters. The van der Waals surface area contributed by atoms with Crippen molar-refractivity contribution in [3.05, 3.63) is 53.8 Å². The van der Waals surface area contributed by atoms with Gasteiger partial charge in [0, 0.05) is 18.2 Å². The second-order valence-corrected chi connectivity index (χ2v) is 5.37. The first-order chi connectivity index (χ1) is 10.8. The maximum absolute atomic E-state index is 13.1. The molecule has 0 aliphatic carbocycles. The maximum Gasteiger partial charge on any atom is 0.163 e. The predicted molar refractivity (Wildman–Crippen MR) is 85.1 cm³/mol. The molecule has 3 rings (SSSR count). The number of rotatable bonds is 4. The molecule has 0 saturated heterocycles. The number of hydrogen-bond acceptors (Lipinski definition) is 3. The summed E-state index contributed by atoms with van der Waals surface area (Å²) in [6.07, 6.45) is 1.80. The molecule has 1 aliphatic rings. The van der Waals surface area contributed by atoms with Gasteiger partial charge in [0.1, 0.15) is 5.82 Å². The van der Waals surface area contributed by atoms with E-state index in [1.165, 1.54) is 12.1 Å². The molecular formula is C18H20FNO2. The Kier molecular flexibility index (Phi) is 4.47. The lowest BCUT2D eigenvalue weighted by molar-refractivity contribution is 0.297. The van der Waals surface area contributed by atoms with E-state index in [0.29, 0.717) is 13.2 Å². The van der Waals surface area contributed by atoms with Gasteiger partial charge in [0.05, 0.1) is 19.3 Å². The van der Waals surface area contributed by atoms with Crippen LogP contribution in [0.25, 0.3) is 0 Å². The molecule has 0 amide bonds. The minimum absolute atomic E-state index is 0.130. The van der Waals surface area contributed by atoms with Gasteiger partial charge < -0.3 is 14.8 Å². The van der Waals surface area contributed by atoms with E-state index < -0.39 is 0 Å². The fraction of sp³-hybridized carbons (Fsp3) is 0.333. The largest absolute Gasteiger partial charge is 0.490 e. The number of benzene rings is 2. The van der Waals surface area contributed by atoms with Crippen LogP contribution in [0.15, 0.2) is 42.5 Å². The zero-order chi connectivity index (χ0) is 15.4. The van der Waals surface area contributed by atoms with Crippen LogP contribution in [-0.2, 0) is 0 Å². The summed E-state index contributed by atoms with van der Waals surface area (Å²) >= 11 is 0. The quantitative estimate of drug-likeness (QED) is 0.898. The highest BCUT2D eigenvalue weighted by Gasteiger charge is 2.13. The molecule has 0 saturated carbocycles. The predicted octanol–water partition coefficient (Wildman–Crippen LogP) is 4.55. The summed E-state index contributed by atoms with van der Waals surface area (Å²) in [5, 5.41) is 3.48. The van der Waals surface area contributed by atoms with Gasteiger partial charge in [0.25, 0.3) is 0 Å². The molecule has 0 aromatic heterocycles. The molecule has 0 spiro atoms. The lowest BCUT2D eigenvalue weighted by Crippen LogP contribution is -2.09. The number of fused-ring (bicyclic) bond motifs is 1. The number of anilines is 1. The van der Waals surface area contributed by atoms with Crippen molar-refractivity contribution in [2.24, 2.45) is 0 Å². The number of nitrogens with one attached hydrogen (secondary N) is 1. The van der Waals surface area contributed by atoms with Crippen LogP contribution >= 0.6 is 0 Å². The molecule has 0 bridgehead atoms. The SMILES string of the molecule is CCC(Nc1ccc2c(c1)OCCCO2)c1ccc(F)cc1. The van der Waals surface area contributed by atoms with Gasteiger partial charge in [0.15, 0.2) is 11.5 Å². The average molecular weight is 301 g/mol. The van der Waals surface area contributed by atoms with Crippen LogP contribution in [0.2, 0.25) is 0 Å². The molecule has 4 heteroatoms. The van der Waals surface area contributed by atoms with E-state index in [0.717, 1.165) is 35.6 Å². The van der Waals surface area contributed by atoms with E-state index in [1.54, 1.807) is 0 Å². The summed E-state index contributed by atoms with van der Waals surface area (Å²) in [4.78, 5) is 0.